The lowest BCUT2D eigenvalue weighted by Crippen LogP contribution is -2.45. The first-order valence-corrected chi connectivity index (χ1v) is 7.07. The van der Waals surface area contributed by atoms with Crippen LogP contribution in [0.1, 0.15) is 50.3 Å². The molecule has 2 aliphatic heterocycles. The summed E-state index contributed by atoms with van der Waals surface area (Å²) in [4.78, 5) is 17.8. The van der Waals surface area contributed by atoms with Crippen LogP contribution in [0, 0.1) is 5.92 Å². The van der Waals surface area contributed by atoms with Crippen molar-refractivity contribution in [3.05, 3.63) is 5.82 Å². The minimum absolute atomic E-state index is 0.209. The highest BCUT2D eigenvalue weighted by Crippen LogP contribution is 2.43. The minimum atomic E-state index is -0.666. The Morgan fingerprint density at radius 3 is 2.47 bits per heavy atom. The van der Waals surface area contributed by atoms with Crippen LogP contribution in [0.15, 0.2) is 4.52 Å². The molecule has 19 heavy (non-hydrogen) atoms. The van der Waals surface area contributed by atoms with Gasteiger partial charge in [0.25, 0.3) is 0 Å². The molecule has 0 amide bonds. The van der Waals surface area contributed by atoms with Crippen molar-refractivity contribution >= 4 is 12.0 Å². The van der Waals surface area contributed by atoms with Crippen molar-refractivity contribution in [3.63, 3.8) is 0 Å². The molecule has 3 heterocycles. The number of nitrogens with zero attached hydrogens (tertiary/aromatic N) is 3. The average molecular weight is 263 g/mol. The Bertz CT molecular complexity index is 497. The predicted octanol–water partition coefficient (Wildman–Crippen LogP) is 1.78. The molecule has 0 spiro atoms. The second-order valence-corrected chi connectivity index (χ2v) is 6.01. The van der Waals surface area contributed by atoms with Crippen LogP contribution in [0.4, 0.5) is 6.01 Å². The van der Waals surface area contributed by atoms with Crippen molar-refractivity contribution in [2.45, 2.75) is 56.5 Å². The smallest absolute Gasteiger partial charge is 0.324 e. The lowest BCUT2D eigenvalue weighted by atomic mass is 9.91. The van der Waals surface area contributed by atoms with E-state index in [0.29, 0.717) is 24.8 Å². The number of anilines is 1. The fourth-order valence-corrected chi connectivity index (χ4v) is 3.53. The maximum Gasteiger partial charge on any atom is 0.324 e. The van der Waals surface area contributed by atoms with Crippen molar-refractivity contribution < 1.29 is 14.4 Å². The zero-order valence-electron chi connectivity index (χ0n) is 10.7. The zero-order chi connectivity index (χ0) is 13.0. The minimum Gasteiger partial charge on any atom is -0.481 e. The van der Waals surface area contributed by atoms with Gasteiger partial charge in [-0.25, -0.2) is 0 Å². The van der Waals surface area contributed by atoms with Crippen LogP contribution in [-0.4, -0.2) is 33.3 Å². The van der Waals surface area contributed by atoms with Crippen LogP contribution in [0.25, 0.3) is 0 Å². The summed E-state index contributed by atoms with van der Waals surface area (Å²) < 4.78 is 5.40. The van der Waals surface area contributed by atoms with Gasteiger partial charge in [-0.1, -0.05) is 5.16 Å². The van der Waals surface area contributed by atoms with Crippen LogP contribution in [0.3, 0.4) is 0 Å². The van der Waals surface area contributed by atoms with E-state index in [4.69, 9.17) is 4.52 Å². The second kappa shape index (κ2) is 3.95. The molecule has 0 radical (unpaired) electrons. The van der Waals surface area contributed by atoms with Crippen molar-refractivity contribution in [1.29, 1.82) is 0 Å². The van der Waals surface area contributed by atoms with Gasteiger partial charge in [0.1, 0.15) is 0 Å². The van der Waals surface area contributed by atoms with E-state index in [-0.39, 0.29) is 18.0 Å². The van der Waals surface area contributed by atoms with Gasteiger partial charge in [0.05, 0.1) is 5.92 Å². The highest BCUT2D eigenvalue weighted by Gasteiger charge is 2.45. The number of hydrogen-bond donors (Lipinski definition) is 1. The average Bonchev–Trinajstić information content (AvgIpc) is 3.07. The van der Waals surface area contributed by atoms with E-state index in [0.717, 1.165) is 31.5 Å². The fraction of sp³-hybridized carbons (Fsp3) is 0.769. The molecule has 3 fully saturated rings. The monoisotopic (exact) mass is 263 g/mol. The number of carbonyl (C=O) groups is 1. The molecule has 2 saturated heterocycles. The molecular formula is C13H17N3O3. The Morgan fingerprint density at radius 2 is 1.89 bits per heavy atom. The SMILES string of the molecule is O=C(O)C1CC2CCC(C1)N2c1nc(C2CC2)no1. The van der Waals surface area contributed by atoms with Crippen LogP contribution in [-0.2, 0) is 4.79 Å². The first-order chi connectivity index (χ1) is 9.22. The number of hydrogen-bond acceptors (Lipinski definition) is 5. The molecule has 1 N–H and O–H groups in total. The third-order valence-electron chi connectivity index (χ3n) is 4.68. The van der Waals surface area contributed by atoms with Crippen molar-refractivity contribution in [2.24, 2.45) is 5.92 Å². The molecule has 102 valence electrons. The van der Waals surface area contributed by atoms with Gasteiger partial charge in [-0.2, -0.15) is 4.98 Å². The standard InChI is InChI=1S/C13H17N3O3/c17-12(18)8-5-9-3-4-10(6-8)16(9)13-14-11(15-19-13)7-1-2-7/h7-10H,1-6H2,(H,17,18). The highest BCUT2D eigenvalue weighted by molar-refractivity contribution is 5.70. The van der Waals surface area contributed by atoms with Gasteiger partial charge in [0.15, 0.2) is 5.82 Å². The fourth-order valence-electron chi connectivity index (χ4n) is 3.53. The van der Waals surface area contributed by atoms with E-state index >= 15 is 0 Å². The molecule has 1 aromatic rings. The Labute approximate surface area is 110 Å². The Hall–Kier alpha value is -1.59. The van der Waals surface area contributed by atoms with E-state index in [1.54, 1.807) is 0 Å². The van der Waals surface area contributed by atoms with Gasteiger partial charge in [0, 0.05) is 18.0 Å². The Balaban J connectivity index is 1.56. The van der Waals surface area contributed by atoms with Gasteiger partial charge in [-0.05, 0) is 38.5 Å². The summed E-state index contributed by atoms with van der Waals surface area (Å²) in [5.74, 6) is 0.446. The van der Waals surface area contributed by atoms with E-state index in [9.17, 15) is 9.90 Å². The van der Waals surface area contributed by atoms with Crippen molar-refractivity contribution in [3.8, 4) is 0 Å². The Morgan fingerprint density at radius 1 is 1.21 bits per heavy atom. The van der Waals surface area contributed by atoms with Gasteiger partial charge in [-0.3, -0.25) is 4.79 Å². The number of aromatic nitrogens is 2. The van der Waals surface area contributed by atoms with Crippen molar-refractivity contribution in [2.75, 3.05) is 4.90 Å². The third kappa shape index (κ3) is 1.81. The Kier molecular flexibility index (Phi) is 2.34. The van der Waals surface area contributed by atoms with E-state index in [1.807, 2.05) is 0 Å². The molecule has 4 rings (SSSR count). The van der Waals surface area contributed by atoms with Crippen LogP contribution in [0.5, 0.6) is 0 Å². The summed E-state index contributed by atoms with van der Waals surface area (Å²) >= 11 is 0. The molecule has 2 unspecified atom stereocenters. The van der Waals surface area contributed by atoms with E-state index in [1.165, 1.54) is 0 Å². The number of fused-ring (bicyclic) bond motifs is 2. The summed E-state index contributed by atoms with van der Waals surface area (Å²) in [6, 6.07) is 1.12. The molecular weight excluding hydrogens is 246 g/mol. The molecule has 0 aromatic carbocycles. The number of rotatable bonds is 3. The van der Waals surface area contributed by atoms with Gasteiger partial charge >= 0.3 is 12.0 Å². The quantitative estimate of drug-likeness (QED) is 0.895. The lowest BCUT2D eigenvalue weighted by Gasteiger charge is -2.35. The number of carboxylic acid groups (broad SMARTS) is 1. The summed E-state index contributed by atoms with van der Waals surface area (Å²) in [5, 5.41) is 13.2. The summed E-state index contributed by atoms with van der Waals surface area (Å²) in [7, 11) is 0. The number of carboxylic acids is 1. The third-order valence-corrected chi connectivity index (χ3v) is 4.68. The molecule has 1 aliphatic carbocycles. The summed E-state index contributed by atoms with van der Waals surface area (Å²) in [5.41, 5.74) is 0. The van der Waals surface area contributed by atoms with Crippen LogP contribution in [0.2, 0.25) is 0 Å². The van der Waals surface area contributed by atoms with E-state index < -0.39 is 5.97 Å². The van der Waals surface area contributed by atoms with Crippen LogP contribution < -0.4 is 4.90 Å². The molecule has 1 saturated carbocycles. The molecule has 2 atom stereocenters. The maximum absolute atomic E-state index is 11.1. The topological polar surface area (TPSA) is 79.5 Å². The second-order valence-electron chi connectivity index (χ2n) is 6.01. The lowest BCUT2D eigenvalue weighted by molar-refractivity contribution is -0.142. The number of aliphatic carboxylic acids is 1. The summed E-state index contributed by atoms with van der Waals surface area (Å²) in [6.45, 7) is 0. The molecule has 6 nitrogen and oxygen atoms in total. The predicted molar refractivity (Wildman–Crippen MR) is 65.9 cm³/mol. The first kappa shape index (κ1) is 11.3. The van der Waals surface area contributed by atoms with Gasteiger partial charge in [-0.15, -0.1) is 0 Å². The molecule has 3 aliphatic rings. The molecule has 6 heteroatoms. The summed E-state index contributed by atoms with van der Waals surface area (Å²) in [6.07, 6.45) is 5.80. The normalized spacial score (nSPS) is 33.7. The highest BCUT2D eigenvalue weighted by atomic mass is 16.5. The van der Waals surface area contributed by atoms with Gasteiger partial charge < -0.3 is 14.5 Å². The number of piperidine rings is 1. The van der Waals surface area contributed by atoms with Gasteiger partial charge in [0.2, 0.25) is 0 Å². The molecule has 2 bridgehead atoms. The molecule has 1 aromatic heterocycles. The largest absolute Gasteiger partial charge is 0.481 e. The zero-order valence-corrected chi connectivity index (χ0v) is 10.7. The van der Waals surface area contributed by atoms with Crippen LogP contribution >= 0.6 is 0 Å². The van der Waals surface area contributed by atoms with E-state index in [2.05, 4.69) is 15.0 Å². The van der Waals surface area contributed by atoms with Crippen molar-refractivity contribution in [1.82, 2.24) is 10.1 Å². The first-order valence-electron chi connectivity index (χ1n) is 7.07. The maximum atomic E-state index is 11.1.